The normalized spacial score (nSPS) is 22.4. The second kappa shape index (κ2) is 6.94. The van der Waals surface area contributed by atoms with E-state index in [1.54, 1.807) is 11.8 Å². The van der Waals surface area contributed by atoms with E-state index in [4.69, 9.17) is 4.52 Å². The number of benzene rings is 1. The fraction of sp³-hybridized carbons (Fsp3) is 0.467. The van der Waals surface area contributed by atoms with Crippen LogP contribution >= 0.6 is 27.7 Å². The maximum absolute atomic E-state index is 5.44. The molecule has 2 atom stereocenters. The molecule has 1 fully saturated rings. The van der Waals surface area contributed by atoms with Crippen molar-refractivity contribution in [3.05, 3.63) is 40.5 Å². The summed E-state index contributed by atoms with van der Waals surface area (Å²) in [6.45, 7) is 3.26. The van der Waals surface area contributed by atoms with Crippen LogP contribution in [0.4, 0.5) is 0 Å². The topological polar surface area (TPSA) is 51.0 Å². The van der Waals surface area contributed by atoms with Crippen molar-refractivity contribution in [2.75, 3.05) is 6.54 Å². The third-order valence-electron chi connectivity index (χ3n) is 3.70. The summed E-state index contributed by atoms with van der Waals surface area (Å²) in [5, 5.41) is 7.57. The SMILES string of the molecule is CC1CCCNC1c1nc(CSc2ccc(Br)cc2)no1. The third-order valence-corrected chi connectivity index (χ3v) is 5.24. The van der Waals surface area contributed by atoms with Gasteiger partial charge in [0.25, 0.3) is 0 Å². The van der Waals surface area contributed by atoms with Crippen LogP contribution < -0.4 is 5.32 Å². The van der Waals surface area contributed by atoms with Crippen LogP contribution in [0.15, 0.2) is 38.2 Å². The lowest BCUT2D eigenvalue weighted by molar-refractivity contribution is 0.239. The van der Waals surface area contributed by atoms with Crippen molar-refractivity contribution in [1.29, 1.82) is 0 Å². The summed E-state index contributed by atoms with van der Waals surface area (Å²) in [7, 11) is 0. The molecule has 0 spiro atoms. The van der Waals surface area contributed by atoms with E-state index in [0.717, 1.165) is 28.5 Å². The van der Waals surface area contributed by atoms with E-state index in [-0.39, 0.29) is 6.04 Å². The molecule has 0 radical (unpaired) electrons. The maximum Gasteiger partial charge on any atom is 0.244 e. The summed E-state index contributed by atoms with van der Waals surface area (Å²) in [5.41, 5.74) is 0. The Balaban J connectivity index is 1.61. The second-order valence-corrected chi connectivity index (χ2v) is 7.31. The number of piperidine rings is 1. The molecule has 0 bridgehead atoms. The lowest BCUT2D eigenvalue weighted by Crippen LogP contribution is -2.33. The second-order valence-electron chi connectivity index (χ2n) is 5.34. The minimum Gasteiger partial charge on any atom is -0.338 e. The number of nitrogens with one attached hydrogen (secondary N) is 1. The number of rotatable bonds is 4. The Bertz CT molecular complexity index is 587. The minimum absolute atomic E-state index is 0.206. The molecule has 1 aliphatic rings. The molecule has 1 N–H and O–H groups in total. The standard InChI is InChI=1S/C15H18BrN3OS/c1-10-3-2-8-17-14(10)15-18-13(19-20-15)9-21-12-6-4-11(16)5-7-12/h4-7,10,14,17H,2-3,8-9H2,1H3. The number of hydrogen-bond donors (Lipinski definition) is 1. The van der Waals surface area contributed by atoms with Gasteiger partial charge in [-0.2, -0.15) is 4.98 Å². The van der Waals surface area contributed by atoms with Crippen molar-refractivity contribution >= 4 is 27.7 Å². The third kappa shape index (κ3) is 3.87. The van der Waals surface area contributed by atoms with Gasteiger partial charge in [-0.25, -0.2) is 0 Å². The number of thioether (sulfide) groups is 1. The zero-order valence-electron chi connectivity index (χ0n) is 11.9. The molecule has 2 heterocycles. The molecule has 2 aromatic rings. The lowest BCUT2D eigenvalue weighted by Gasteiger charge is -2.26. The fourth-order valence-electron chi connectivity index (χ4n) is 2.51. The fourth-order valence-corrected chi connectivity index (χ4v) is 3.52. The lowest BCUT2D eigenvalue weighted by atomic mass is 9.93. The number of nitrogens with zero attached hydrogens (tertiary/aromatic N) is 2. The predicted octanol–water partition coefficient (Wildman–Crippen LogP) is 4.19. The van der Waals surface area contributed by atoms with Crippen molar-refractivity contribution in [2.45, 2.75) is 36.5 Å². The predicted molar refractivity (Wildman–Crippen MR) is 87.1 cm³/mol. The minimum atomic E-state index is 0.206. The van der Waals surface area contributed by atoms with Gasteiger partial charge in [-0.15, -0.1) is 11.8 Å². The molecule has 112 valence electrons. The molecule has 1 aromatic carbocycles. The summed E-state index contributed by atoms with van der Waals surface area (Å²) in [6.07, 6.45) is 2.43. The average Bonchev–Trinajstić information content (AvgIpc) is 2.96. The van der Waals surface area contributed by atoms with E-state index in [1.165, 1.54) is 17.7 Å². The summed E-state index contributed by atoms with van der Waals surface area (Å²) in [5.74, 6) is 2.77. The monoisotopic (exact) mass is 367 g/mol. The van der Waals surface area contributed by atoms with Crippen LogP contribution in [0.1, 0.15) is 37.5 Å². The van der Waals surface area contributed by atoms with Gasteiger partial charge in [0.1, 0.15) is 0 Å². The molecule has 6 heteroatoms. The smallest absolute Gasteiger partial charge is 0.244 e. The molecule has 21 heavy (non-hydrogen) atoms. The van der Waals surface area contributed by atoms with Crippen LogP contribution in [0.5, 0.6) is 0 Å². The molecule has 3 rings (SSSR count). The molecule has 1 aliphatic heterocycles. The van der Waals surface area contributed by atoms with Gasteiger partial charge in [-0.05, 0) is 49.6 Å². The molecule has 0 aliphatic carbocycles. The van der Waals surface area contributed by atoms with Gasteiger partial charge in [0, 0.05) is 9.37 Å². The highest BCUT2D eigenvalue weighted by Crippen LogP contribution is 2.29. The van der Waals surface area contributed by atoms with Crippen molar-refractivity contribution < 1.29 is 4.52 Å². The number of halogens is 1. The Morgan fingerprint density at radius 3 is 2.95 bits per heavy atom. The number of aromatic nitrogens is 2. The first-order valence-corrected chi connectivity index (χ1v) is 8.94. The van der Waals surface area contributed by atoms with Crippen molar-refractivity contribution in [2.24, 2.45) is 5.92 Å². The highest BCUT2D eigenvalue weighted by Gasteiger charge is 2.27. The largest absolute Gasteiger partial charge is 0.338 e. The van der Waals surface area contributed by atoms with Crippen LogP contribution in [0, 0.1) is 5.92 Å². The Labute approximate surface area is 137 Å². The van der Waals surface area contributed by atoms with Gasteiger partial charge in [0.05, 0.1) is 11.8 Å². The molecule has 2 unspecified atom stereocenters. The summed E-state index contributed by atoms with van der Waals surface area (Å²) >= 11 is 5.16. The first-order valence-electron chi connectivity index (χ1n) is 7.16. The van der Waals surface area contributed by atoms with Crippen LogP contribution in [0.3, 0.4) is 0 Å². The van der Waals surface area contributed by atoms with Gasteiger partial charge in [-0.3, -0.25) is 0 Å². The van der Waals surface area contributed by atoms with Gasteiger partial charge in [0.2, 0.25) is 5.89 Å². The maximum atomic E-state index is 5.44. The van der Waals surface area contributed by atoms with E-state index in [1.807, 2.05) is 12.1 Å². The van der Waals surface area contributed by atoms with E-state index in [0.29, 0.717) is 5.92 Å². The first-order chi connectivity index (χ1) is 10.2. The van der Waals surface area contributed by atoms with Crippen LogP contribution in [-0.4, -0.2) is 16.7 Å². The Morgan fingerprint density at radius 2 is 2.19 bits per heavy atom. The van der Waals surface area contributed by atoms with Crippen molar-refractivity contribution in [3.63, 3.8) is 0 Å². The van der Waals surface area contributed by atoms with Crippen molar-refractivity contribution in [3.8, 4) is 0 Å². The van der Waals surface area contributed by atoms with Gasteiger partial charge in [-0.1, -0.05) is 28.0 Å². The summed E-state index contributed by atoms with van der Waals surface area (Å²) in [4.78, 5) is 5.75. The Morgan fingerprint density at radius 1 is 1.38 bits per heavy atom. The average molecular weight is 368 g/mol. The Hall–Kier alpha value is -0.850. The van der Waals surface area contributed by atoms with E-state index >= 15 is 0 Å². The first kappa shape index (κ1) is 15.1. The van der Waals surface area contributed by atoms with Crippen LogP contribution in [0.25, 0.3) is 0 Å². The molecule has 1 aromatic heterocycles. The molecular formula is C15H18BrN3OS. The zero-order chi connectivity index (χ0) is 14.7. The molecule has 4 nitrogen and oxygen atoms in total. The molecular weight excluding hydrogens is 350 g/mol. The molecule has 1 saturated heterocycles. The van der Waals surface area contributed by atoms with E-state index in [2.05, 4.69) is 50.4 Å². The van der Waals surface area contributed by atoms with Gasteiger partial charge >= 0.3 is 0 Å². The van der Waals surface area contributed by atoms with Crippen molar-refractivity contribution in [1.82, 2.24) is 15.5 Å². The highest BCUT2D eigenvalue weighted by atomic mass is 79.9. The zero-order valence-corrected chi connectivity index (χ0v) is 14.3. The van der Waals surface area contributed by atoms with Gasteiger partial charge < -0.3 is 9.84 Å². The highest BCUT2D eigenvalue weighted by molar-refractivity contribution is 9.10. The van der Waals surface area contributed by atoms with Crippen LogP contribution in [-0.2, 0) is 5.75 Å². The van der Waals surface area contributed by atoms with Crippen LogP contribution in [0.2, 0.25) is 0 Å². The van der Waals surface area contributed by atoms with E-state index < -0.39 is 0 Å². The Kier molecular flexibility index (Phi) is 4.98. The molecule has 0 saturated carbocycles. The summed E-state index contributed by atoms with van der Waals surface area (Å²) in [6, 6.07) is 8.45. The molecule has 0 amide bonds. The van der Waals surface area contributed by atoms with Gasteiger partial charge in [0.15, 0.2) is 5.82 Å². The quantitative estimate of drug-likeness (QED) is 0.821. The van der Waals surface area contributed by atoms with E-state index in [9.17, 15) is 0 Å². The number of hydrogen-bond acceptors (Lipinski definition) is 5. The summed E-state index contributed by atoms with van der Waals surface area (Å²) < 4.78 is 6.53.